The van der Waals surface area contributed by atoms with E-state index in [4.69, 9.17) is 0 Å². The zero-order chi connectivity index (χ0) is 12.3. The van der Waals surface area contributed by atoms with E-state index in [9.17, 15) is 9.90 Å². The Morgan fingerprint density at radius 2 is 2.12 bits per heavy atom. The van der Waals surface area contributed by atoms with Gasteiger partial charge in [-0.05, 0) is 32.1 Å². The highest BCUT2D eigenvalue weighted by atomic mass is 16.3. The lowest BCUT2D eigenvalue weighted by Crippen LogP contribution is -2.47. The minimum absolute atomic E-state index is 0.230. The molecule has 17 heavy (non-hydrogen) atoms. The standard InChI is InChI=1S/C13H24N2O2/c1-2-11-5-3-4-7-15(11)13(17)10-14-8-6-12(16)9-14/h11-12,16H,2-10H2,1H3. The lowest BCUT2D eigenvalue weighted by molar-refractivity contribution is -0.136. The fraction of sp³-hybridized carbons (Fsp3) is 0.923. The van der Waals surface area contributed by atoms with Crippen molar-refractivity contribution in [1.82, 2.24) is 9.80 Å². The van der Waals surface area contributed by atoms with Crippen LogP contribution in [-0.4, -0.2) is 59.1 Å². The van der Waals surface area contributed by atoms with Crippen molar-refractivity contribution in [2.45, 2.75) is 51.2 Å². The number of hydrogen-bond acceptors (Lipinski definition) is 3. The maximum Gasteiger partial charge on any atom is 0.236 e. The second-order valence-corrected chi connectivity index (χ2v) is 5.32. The van der Waals surface area contributed by atoms with Gasteiger partial charge < -0.3 is 10.0 Å². The smallest absolute Gasteiger partial charge is 0.236 e. The third kappa shape index (κ3) is 3.19. The molecule has 4 nitrogen and oxygen atoms in total. The molecule has 0 spiro atoms. The molecule has 0 bridgehead atoms. The Kier molecular flexibility index (Phi) is 4.40. The minimum Gasteiger partial charge on any atom is -0.392 e. The number of rotatable bonds is 3. The number of hydrogen-bond donors (Lipinski definition) is 1. The average molecular weight is 240 g/mol. The first kappa shape index (κ1) is 12.8. The van der Waals surface area contributed by atoms with Gasteiger partial charge in [0.2, 0.25) is 5.91 Å². The van der Waals surface area contributed by atoms with Crippen LogP contribution < -0.4 is 0 Å². The Morgan fingerprint density at radius 1 is 1.29 bits per heavy atom. The van der Waals surface area contributed by atoms with Crippen molar-refractivity contribution in [3.63, 3.8) is 0 Å². The van der Waals surface area contributed by atoms with Gasteiger partial charge in [-0.1, -0.05) is 6.92 Å². The topological polar surface area (TPSA) is 43.8 Å². The van der Waals surface area contributed by atoms with E-state index in [2.05, 4.69) is 16.7 Å². The Hall–Kier alpha value is -0.610. The van der Waals surface area contributed by atoms with Gasteiger partial charge in [-0.3, -0.25) is 9.69 Å². The highest BCUT2D eigenvalue weighted by Gasteiger charge is 2.28. The average Bonchev–Trinajstić information content (AvgIpc) is 2.74. The van der Waals surface area contributed by atoms with Gasteiger partial charge >= 0.3 is 0 Å². The summed E-state index contributed by atoms with van der Waals surface area (Å²) in [6.07, 6.45) is 5.20. The molecule has 2 aliphatic rings. The second-order valence-electron chi connectivity index (χ2n) is 5.32. The molecule has 0 aromatic heterocycles. The predicted octanol–water partition coefficient (Wildman–Crippen LogP) is 0.844. The Morgan fingerprint density at radius 3 is 2.76 bits per heavy atom. The van der Waals surface area contributed by atoms with Crippen molar-refractivity contribution in [2.75, 3.05) is 26.2 Å². The Balaban J connectivity index is 1.85. The molecule has 2 fully saturated rings. The van der Waals surface area contributed by atoms with Crippen LogP contribution in [0.15, 0.2) is 0 Å². The molecule has 0 aliphatic carbocycles. The van der Waals surface area contributed by atoms with Crippen molar-refractivity contribution in [3.05, 3.63) is 0 Å². The largest absolute Gasteiger partial charge is 0.392 e. The third-order valence-corrected chi connectivity index (χ3v) is 4.03. The van der Waals surface area contributed by atoms with Crippen LogP contribution in [0, 0.1) is 0 Å². The molecule has 2 rings (SSSR count). The molecular weight excluding hydrogens is 216 g/mol. The van der Waals surface area contributed by atoms with Gasteiger partial charge in [0.15, 0.2) is 0 Å². The Labute approximate surface area is 104 Å². The SMILES string of the molecule is CCC1CCCCN1C(=O)CN1CCC(O)C1. The molecule has 0 aromatic rings. The minimum atomic E-state index is -0.230. The summed E-state index contributed by atoms with van der Waals surface area (Å²) in [7, 11) is 0. The third-order valence-electron chi connectivity index (χ3n) is 4.03. The van der Waals surface area contributed by atoms with E-state index in [1.165, 1.54) is 6.42 Å². The highest BCUT2D eigenvalue weighted by Crippen LogP contribution is 2.20. The van der Waals surface area contributed by atoms with Crippen molar-refractivity contribution in [1.29, 1.82) is 0 Å². The molecule has 2 saturated heterocycles. The molecule has 0 saturated carbocycles. The van der Waals surface area contributed by atoms with E-state index in [0.29, 0.717) is 19.1 Å². The quantitative estimate of drug-likeness (QED) is 0.795. The van der Waals surface area contributed by atoms with Gasteiger partial charge in [0.05, 0.1) is 12.6 Å². The van der Waals surface area contributed by atoms with Crippen molar-refractivity contribution in [3.8, 4) is 0 Å². The lowest BCUT2D eigenvalue weighted by Gasteiger charge is -2.36. The van der Waals surface area contributed by atoms with Gasteiger partial charge in [0.25, 0.3) is 0 Å². The van der Waals surface area contributed by atoms with E-state index in [-0.39, 0.29) is 12.0 Å². The molecule has 0 aromatic carbocycles. The van der Waals surface area contributed by atoms with Crippen molar-refractivity contribution >= 4 is 5.91 Å². The fourth-order valence-corrected chi connectivity index (χ4v) is 2.99. The first-order chi connectivity index (χ1) is 8.20. The predicted molar refractivity (Wildman–Crippen MR) is 66.7 cm³/mol. The number of aliphatic hydroxyl groups excluding tert-OH is 1. The summed E-state index contributed by atoms with van der Waals surface area (Å²) in [4.78, 5) is 16.4. The highest BCUT2D eigenvalue weighted by molar-refractivity contribution is 5.78. The fourth-order valence-electron chi connectivity index (χ4n) is 2.99. The number of carbonyl (C=O) groups is 1. The van der Waals surface area contributed by atoms with Crippen LogP contribution >= 0.6 is 0 Å². The number of amides is 1. The van der Waals surface area contributed by atoms with Gasteiger partial charge in [0, 0.05) is 25.7 Å². The number of carbonyl (C=O) groups excluding carboxylic acids is 1. The molecule has 1 amide bonds. The van der Waals surface area contributed by atoms with Crippen LogP contribution in [0.4, 0.5) is 0 Å². The zero-order valence-corrected chi connectivity index (χ0v) is 10.8. The second kappa shape index (κ2) is 5.83. The summed E-state index contributed by atoms with van der Waals surface area (Å²) in [6, 6.07) is 0.448. The number of aliphatic hydroxyl groups is 1. The van der Waals surface area contributed by atoms with E-state index in [1.807, 2.05) is 0 Å². The van der Waals surface area contributed by atoms with Crippen molar-refractivity contribution < 1.29 is 9.90 Å². The lowest BCUT2D eigenvalue weighted by atomic mass is 10.00. The van der Waals surface area contributed by atoms with E-state index in [0.717, 1.165) is 38.8 Å². The summed E-state index contributed by atoms with van der Waals surface area (Å²) in [5.74, 6) is 0.255. The van der Waals surface area contributed by atoms with E-state index >= 15 is 0 Å². The molecule has 2 atom stereocenters. The Bertz CT molecular complexity index is 270. The maximum atomic E-state index is 12.2. The van der Waals surface area contributed by atoms with Gasteiger partial charge in [-0.2, -0.15) is 0 Å². The van der Waals surface area contributed by atoms with Gasteiger partial charge in [-0.25, -0.2) is 0 Å². The van der Waals surface area contributed by atoms with Crippen molar-refractivity contribution in [2.24, 2.45) is 0 Å². The van der Waals surface area contributed by atoms with Crippen LogP contribution in [0.1, 0.15) is 39.0 Å². The number of piperidine rings is 1. The number of nitrogens with zero attached hydrogens (tertiary/aromatic N) is 2. The number of likely N-dealkylation sites (tertiary alicyclic amines) is 2. The summed E-state index contributed by atoms with van der Waals surface area (Å²) in [5.41, 5.74) is 0. The zero-order valence-electron chi connectivity index (χ0n) is 10.8. The molecule has 2 heterocycles. The van der Waals surface area contributed by atoms with Gasteiger partial charge in [0.1, 0.15) is 0 Å². The molecular formula is C13H24N2O2. The molecule has 2 unspecified atom stereocenters. The van der Waals surface area contributed by atoms with Crippen LogP contribution in [0.5, 0.6) is 0 Å². The summed E-state index contributed by atoms with van der Waals surface area (Å²) >= 11 is 0. The summed E-state index contributed by atoms with van der Waals surface area (Å²) < 4.78 is 0. The first-order valence-corrected chi connectivity index (χ1v) is 6.90. The molecule has 4 heteroatoms. The van der Waals surface area contributed by atoms with E-state index in [1.54, 1.807) is 0 Å². The van der Waals surface area contributed by atoms with E-state index < -0.39 is 0 Å². The first-order valence-electron chi connectivity index (χ1n) is 6.90. The summed E-state index contributed by atoms with van der Waals surface area (Å²) in [6.45, 7) is 5.10. The van der Waals surface area contributed by atoms with Crippen LogP contribution in [0.3, 0.4) is 0 Å². The molecule has 1 N–H and O–H groups in total. The summed E-state index contributed by atoms with van der Waals surface area (Å²) in [5, 5.41) is 9.45. The van der Waals surface area contributed by atoms with Crippen LogP contribution in [0.2, 0.25) is 0 Å². The van der Waals surface area contributed by atoms with Crippen LogP contribution in [0.25, 0.3) is 0 Å². The number of β-amino-alcohol motifs (C(OH)–C–C–N with tert-alkyl or cyclic N) is 1. The molecule has 98 valence electrons. The van der Waals surface area contributed by atoms with Gasteiger partial charge in [-0.15, -0.1) is 0 Å². The maximum absolute atomic E-state index is 12.2. The van der Waals surface area contributed by atoms with Crippen LogP contribution in [-0.2, 0) is 4.79 Å². The normalized spacial score (nSPS) is 30.8. The monoisotopic (exact) mass is 240 g/mol. The molecule has 0 radical (unpaired) electrons. The molecule has 2 aliphatic heterocycles.